The van der Waals surface area contributed by atoms with E-state index in [4.69, 9.17) is 4.74 Å². The van der Waals surface area contributed by atoms with Gasteiger partial charge in [0.1, 0.15) is 5.00 Å². The molecule has 1 heterocycles. The Hall–Kier alpha value is -2.32. The monoisotopic (exact) mass is 420 g/mol. The molecule has 2 amide bonds. The summed E-state index contributed by atoms with van der Waals surface area (Å²) < 4.78 is 5.08. The topological polar surface area (TPSA) is 84.5 Å². The maximum absolute atomic E-state index is 12.2. The van der Waals surface area contributed by atoms with Gasteiger partial charge in [-0.2, -0.15) is 0 Å². The maximum Gasteiger partial charge on any atom is 0.341 e. The average molecular weight is 421 g/mol. The van der Waals surface area contributed by atoms with E-state index in [0.717, 1.165) is 21.7 Å². The van der Waals surface area contributed by atoms with Gasteiger partial charge in [0.05, 0.1) is 23.7 Å². The third-order valence-corrected chi connectivity index (χ3v) is 5.97. The molecule has 0 unspecified atom stereocenters. The highest BCUT2D eigenvalue weighted by Crippen LogP contribution is 2.33. The van der Waals surface area contributed by atoms with Crippen molar-refractivity contribution in [3.63, 3.8) is 0 Å². The molecule has 8 heteroatoms. The Morgan fingerprint density at radius 3 is 2.21 bits per heavy atom. The molecular formula is C20H24N2O4S2. The number of hydrogen-bond donors (Lipinski definition) is 2. The van der Waals surface area contributed by atoms with Crippen molar-refractivity contribution in [2.24, 2.45) is 0 Å². The van der Waals surface area contributed by atoms with Crippen molar-refractivity contribution >= 4 is 51.6 Å². The Balaban J connectivity index is 1.86. The second kappa shape index (κ2) is 10.3. The summed E-state index contributed by atoms with van der Waals surface area (Å²) in [7, 11) is 0. The first-order valence-electron chi connectivity index (χ1n) is 8.83. The molecule has 150 valence electrons. The van der Waals surface area contributed by atoms with Gasteiger partial charge in [-0.3, -0.25) is 9.59 Å². The van der Waals surface area contributed by atoms with Gasteiger partial charge in [-0.05, 0) is 45.4 Å². The summed E-state index contributed by atoms with van der Waals surface area (Å²) in [6.07, 6.45) is 0. The molecule has 0 saturated heterocycles. The van der Waals surface area contributed by atoms with Gasteiger partial charge in [0.25, 0.3) is 0 Å². The Morgan fingerprint density at radius 2 is 1.61 bits per heavy atom. The third-order valence-electron chi connectivity index (χ3n) is 3.92. The second-order valence-corrected chi connectivity index (χ2v) is 8.37. The van der Waals surface area contributed by atoms with Gasteiger partial charge in [-0.1, -0.05) is 17.7 Å². The lowest BCUT2D eigenvalue weighted by Crippen LogP contribution is -2.19. The van der Waals surface area contributed by atoms with Gasteiger partial charge >= 0.3 is 5.97 Å². The number of ether oxygens (including phenoxy) is 1. The molecule has 0 aliphatic heterocycles. The number of benzene rings is 1. The van der Waals surface area contributed by atoms with Gasteiger partial charge in [0.15, 0.2) is 0 Å². The number of aryl methyl sites for hydroxylation is 2. The van der Waals surface area contributed by atoms with Crippen LogP contribution >= 0.6 is 23.1 Å². The van der Waals surface area contributed by atoms with Gasteiger partial charge in [-0.25, -0.2) is 4.79 Å². The maximum atomic E-state index is 12.2. The number of thioether (sulfide) groups is 1. The van der Waals surface area contributed by atoms with Crippen molar-refractivity contribution in [1.82, 2.24) is 0 Å². The number of esters is 1. The number of thiophene rings is 1. The first-order valence-corrected chi connectivity index (χ1v) is 10.8. The molecular weight excluding hydrogens is 396 g/mol. The molecule has 1 aromatic carbocycles. The number of carbonyl (C=O) groups is 3. The summed E-state index contributed by atoms with van der Waals surface area (Å²) in [5, 5.41) is 6.05. The molecule has 0 aliphatic carbocycles. The minimum Gasteiger partial charge on any atom is -0.462 e. The van der Waals surface area contributed by atoms with Crippen LogP contribution in [0.3, 0.4) is 0 Å². The highest BCUT2D eigenvalue weighted by Gasteiger charge is 2.22. The summed E-state index contributed by atoms with van der Waals surface area (Å²) >= 11 is 2.56. The lowest BCUT2D eigenvalue weighted by Gasteiger charge is -2.08. The van der Waals surface area contributed by atoms with Crippen LogP contribution in [-0.2, 0) is 14.3 Å². The molecule has 2 aromatic rings. The Labute approximate surface area is 173 Å². The van der Waals surface area contributed by atoms with E-state index in [0.29, 0.717) is 10.6 Å². The third kappa shape index (κ3) is 6.10. The number of nitrogens with one attached hydrogen (secondary N) is 2. The fourth-order valence-electron chi connectivity index (χ4n) is 2.40. The molecule has 2 N–H and O–H groups in total. The number of rotatable bonds is 8. The Kier molecular flexibility index (Phi) is 8.07. The molecule has 2 rings (SSSR count). The molecule has 0 radical (unpaired) electrons. The predicted octanol–water partition coefficient (Wildman–Crippen LogP) is 4.16. The van der Waals surface area contributed by atoms with Gasteiger partial charge in [0, 0.05) is 10.6 Å². The fourth-order valence-corrected chi connectivity index (χ4v) is 4.08. The summed E-state index contributed by atoms with van der Waals surface area (Å²) in [6, 6.07) is 7.51. The van der Waals surface area contributed by atoms with Crippen LogP contribution < -0.4 is 10.6 Å². The molecule has 0 atom stereocenters. The van der Waals surface area contributed by atoms with Crippen LogP contribution in [0, 0.1) is 20.8 Å². The zero-order valence-corrected chi connectivity index (χ0v) is 18.0. The van der Waals surface area contributed by atoms with E-state index >= 15 is 0 Å². The molecule has 0 spiro atoms. The van der Waals surface area contributed by atoms with Crippen LogP contribution in [0.2, 0.25) is 0 Å². The van der Waals surface area contributed by atoms with Crippen LogP contribution in [0.1, 0.15) is 33.3 Å². The van der Waals surface area contributed by atoms with Crippen LogP contribution in [0.25, 0.3) is 0 Å². The number of hydrogen-bond acceptors (Lipinski definition) is 6. The SMILES string of the molecule is CCOC(=O)c1c(NC(=O)CSCC(=O)Nc2ccc(C)cc2)sc(C)c1C. The van der Waals surface area contributed by atoms with E-state index in [2.05, 4.69) is 10.6 Å². The van der Waals surface area contributed by atoms with Crippen molar-refractivity contribution < 1.29 is 19.1 Å². The van der Waals surface area contributed by atoms with Gasteiger partial charge in [-0.15, -0.1) is 23.1 Å². The Morgan fingerprint density at radius 1 is 1.00 bits per heavy atom. The van der Waals surface area contributed by atoms with Crippen molar-refractivity contribution in [2.45, 2.75) is 27.7 Å². The van der Waals surface area contributed by atoms with Crippen molar-refractivity contribution in [2.75, 3.05) is 28.7 Å². The Bertz CT molecular complexity index is 860. The molecule has 0 aliphatic rings. The van der Waals surface area contributed by atoms with E-state index in [1.54, 1.807) is 6.92 Å². The molecule has 6 nitrogen and oxygen atoms in total. The summed E-state index contributed by atoms with van der Waals surface area (Å²) in [4.78, 5) is 37.3. The first-order chi connectivity index (χ1) is 13.3. The second-order valence-electron chi connectivity index (χ2n) is 6.16. The summed E-state index contributed by atoms with van der Waals surface area (Å²) in [5.41, 5.74) is 3.05. The number of carbonyl (C=O) groups excluding carboxylic acids is 3. The summed E-state index contributed by atoms with van der Waals surface area (Å²) in [5.74, 6) is -0.602. The predicted molar refractivity (Wildman–Crippen MR) is 116 cm³/mol. The van der Waals surface area contributed by atoms with Crippen molar-refractivity contribution in [1.29, 1.82) is 0 Å². The lowest BCUT2D eigenvalue weighted by atomic mass is 10.1. The first kappa shape index (κ1) is 22.0. The quantitative estimate of drug-likeness (QED) is 0.627. The highest BCUT2D eigenvalue weighted by molar-refractivity contribution is 8.00. The highest BCUT2D eigenvalue weighted by atomic mass is 32.2. The average Bonchev–Trinajstić information content (AvgIpc) is 2.91. The smallest absolute Gasteiger partial charge is 0.341 e. The lowest BCUT2D eigenvalue weighted by molar-refractivity contribution is -0.114. The minimum absolute atomic E-state index is 0.111. The molecule has 1 aromatic heterocycles. The van der Waals surface area contributed by atoms with Crippen LogP contribution in [-0.4, -0.2) is 35.9 Å². The number of amides is 2. The summed E-state index contributed by atoms with van der Waals surface area (Å²) in [6.45, 7) is 7.71. The van der Waals surface area contributed by atoms with Gasteiger partial charge in [0.2, 0.25) is 11.8 Å². The van der Waals surface area contributed by atoms with E-state index in [1.165, 1.54) is 23.1 Å². The minimum atomic E-state index is -0.440. The standard InChI is InChI=1S/C20H24N2O4S2/c1-5-26-20(25)18-13(3)14(4)28-19(18)22-17(24)11-27-10-16(23)21-15-8-6-12(2)7-9-15/h6-9H,5,10-11H2,1-4H3,(H,21,23)(H,22,24). The van der Waals surface area contributed by atoms with E-state index in [1.807, 2.05) is 45.0 Å². The number of anilines is 2. The van der Waals surface area contributed by atoms with Crippen LogP contribution in [0.15, 0.2) is 24.3 Å². The van der Waals surface area contributed by atoms with Crippen molar-refractivity contribution in [3.05, 3.63) is 45.8 Å². The van der Waals surface area contributed by atoms with E-state index < -0.39 is 5.97 Å². The molecule has 0 fully saturated rings. The molecule has 0 saturated carbocycles. The zero-order chi connectivity index (χ0) is 20.7. The largest absolute Gasteiger partial charge is 0.462 e. The molecule has 0 bridgehead atoms. The van der Waals surface area contributed by atoms with E-state index in [9.17, 15) is 14.4 Å². The van der Waals surface area contributed by atoms with E-state index in [-0.39, 0.29) is 29.9 Å². The molecule has 28 heavy (non-hydrogen) atoms. The fraction of sp³-hybridized carbons (Fsp3) is 0.350. The van der Waals surface area contributed by atoms with Gasteiger partial charge < -0.3 is 15.4 Å². The van der Waals surface area contributed by atoms with Crippen LogP contribution in [0.5, 0.6) is 0 Å². The van der Waals surface area contributed by atoms with Crippen molar-refractivity contribution in [3.8, 4) is 0 Å². The normalized spacial score (nSPS) is 10.4. The van der Waals surface area contributed by atoms with Crippen LogP contribution in [0.4, 0.5) is 10.7 Å². The zero-order valence-electron chi connectivity index (χ0n) is 16.4.